The summed E-state index contributed by atoms with van der Waals surface area (Å²) in [5.74, 6) is 0. The normalized spacial score (nSPS) is 12.4. The smallest absolute Gasteiger partial charge is 0.0761 e. The molecule has 18 heavy (non-hydrogen) atoms. The number of thiophene rings is 1. The number of rotatable bonds is 4. The first-order valence-corrected chi connectivity index (χ1v) is 7.45. The second-order valence-electron chi connectivity index (χ2n) is 4.38. The van der Waals surface area contributed by atoms with Crippen molar-refractivity contribution in [3.05, 3.63) is 50.6 Å². The van der Waals surface area contributed by atoms with Crippen LogP contribution in [0.25, 0.3) is 0 Å². The van der Waals surface area contributed by atoms with Gasteiger partial charge in [0.15, 0.2) is 0 Å². The molecule has 96 valence electrons. The number of hydrogen-bond acceptors (Lipinski definition) is 3. The predicted octanol–water partition coefficient (Wildman–Crippen LogP) is 4.20. The van der Waals surface area contributed by atoms with Gasteiger partial charge in [0.25, 0.3) is 0 Å². The molecule has 0 saturated carbocycles. The Morgan fingerprint density at radius 2 is 2.00 bits per heavy atom. The third-order valence-corrected chi connectivity index (χ3v) is 4.41. The van der Waals surface area contributed by atoms with E-state index in [1.165, 1.54) is 5.56 Å². The van der Waals surface area contributed by atoms with Gasteiger partial charge in [-0.05, 0) is 57.6 Å². The molecular formula is C14H16BrNOS. The lowest BCUT2D eigenvalue weighted by Gasteiger charge is -2.19. The molecule has 2 aromatic rings. The molecule has 0 aliphatic carbocycles. The molecule has 4 heteroatoms. The van der Waals surface area contributed by atoms with Crippen molar-refractivity contribution in [3.63, 3.8) is 0 Å². The third-order valence-electron chi connectivity index (χ3n) is 2.86. The Morgan fingerprint density at radius 3 is 2.50 bits per heavy atom. The zero-order chi connectivity index (χ0) is 13.1. The van der Waals surface area contributed by atoms with E-state index in [4.69, 9.17) is 0 Å². The van der Waals surface area contributed by atoms with E-state index in [-0.39, 0.29) is 0 Å². The van der Waals surface area contributed by atoms with E-state index in [1.807, 2.05) is 24.3 Å². The van der Waals surface area contributed by atoms with Gasteiger partial charge < -0.3 is 10.0 Å². The zero-order valence-corrected chi connectivity index (χ0v) is 12.8. The molecule has 0 fully saturated rings. The van der Waals surface area contributed by atoms with Gasteiger partial charge in [-0.2, -0.15) is 0 Å². The zero-order valence-electron chi connectivity index (χ0n) is 10.4. The summed E-state index contributed by atoms with van der Waals surface area (Å²) >= 11 is 5.18. The number of halogens is 1. The van der Waals surface area contributed by atoms with E-state index in [1.54, 1.807) is 18.3 Å². The number of nitrogens with zero attached hydrogens (tertiary/aromatic N) is 1. The highest BCUT2D eigenvalue weighted by Crippen LogP contribution is 2.24. The fourth-order valence-electron chi connectivity index (χ4n) is 1.80. The maximum atomic E-state index is 9.47. The summed E-state index contributed by atoms with van der Waals surface area (Å²) < 4.78 is 1.16. The lowest BCUT2D eigenvalue weighted by atomic mass is 10.1. The van der Waals surface area contributed by atoms with Gasteiger partial charge in [-0.1, -0.05) is 12.1 Å². The van der Waals surface area contributed by atoms with Gasteiger partial charge in [-0.3, -0.25) is 0 Å². The Bertz CT molecular complexity index is 507. The molecular weight excluding hydrogens is 310 g/mol. The van der Waals surface area contributed by atoms with Gasteiger partial charge in [-0.15, -0.1) is 11.3 Å². The van der Waals surface area contributed by atoms with Crippen LogP contribution in [-0.4, -0.2) is 12.2 Å². The Balaban J connectivity index is 2.06. The summed E-state index contributed by atoms with van der Waals surface area (Å²) in [6, 6.07) is 10.2. The number of aliphatic hydroxyl groups is 1. The minimum absolute atomic E-state index is 0.405. The van der Waals surface area contributed by atoms with Crippen LogP contribution in [0.4, 0.5) is 5.69 Å². The fourth-order valence-corrected chi connectivity index (χ4v) is 3.00. The van der Waals surface area contributed by atoms with Crippen LogP contribution >= 0.6 is 27.3 Å². The van der Waals surface area contributed by atoms with Crippen LogP contribution in [0.3, 0.4) is 0 Å². The monoisotopic (exact) mass is 325 g/mol. The summed E-state index contributed by atoms with van der Waals surface area (Å²) in [5, 5.41) is 11.6. The van der Waals surface area contributed by atoms with Crippen LogP contribution in [0, 0.1) is 0 Å². The summed E-state index contributed by atoms with van der Waals surface area (Å²) in [6.45, 7) is 2.66. The maximum absolute atomic E-state index is 9.47. The molecule has 0 radical (unpaired) electrons. The molecule has 0 aliphatic rings. The summed E-state index contributed by atoms with van der Waals surface area (Å²) in [6.07, 6.45) is -0.405. The molecule has 0 saturated heterocycles. The predicted molar refractivity (Wildman–Crippen MR) is 81.2 cm³/mol. The first kappa shape index (κ1) is 13.6. The van der Waals surface area contributed by atoms with Crippen molar-refractivity contribution in [1.29, 1.82) is 0 Å². The molecule has 1 atom stereocenters. The van der Waals surface area contributed by atoms with E-state index in [9.17, 15) is 5.11 Å². The van der Waals surface area contributed by atoms with Crippen LogP contribution in [0.1, 0.15) is 24.2 Å². The number of aliphatic hydroxyl groups excluding tert-OH is 1. The summed E-state index contributed by atoms with van der Waals surface area (Å²) in [7, 11) is 2.07. The van der Waals surface area contributed by atoms with Crippen molar-refractivity contribution >= 4 is 33.0 Å². The van der Waals surface area contributed by atoms with Gasteiger partial charge in [0, 0.05) is 19.3 Å². The third kappa shape index (κ3) is 3.34. The van der Waals surface area contributed by atoms with E-state index in [2.05, 4.69) is 39.3 Å². The topological polar surface area (TPSA) is 23.5 Å². The minimum Gasteiger partial charge on any atom is -0.389 e. The lowest BCUT2D eigenvalue weighted by Crippen LogP contribution is -2.15. The number of anilines is 1. The second-order valence-corrected chi connectivity index (χ2v) is 6.67. The molecule has 1 heterocycles. The second kappa shape index (κ2) is 5.87. The van der Waals surface area contributed by atoms with Gasteiger partial charge in [0.2, 0.25) is 0 Å². The first-order chi connectivity index (χ1) is 8.56. The van der Waals surface area contributed by atoms with Gasteiger partial charge in [0.05, 0.1) is 9.89 Å². The Morgan fingerprint density at radius 1 is 1.33 bits per heavy atom. The average molecular weight is 326 g/mol. The number of hydrogen-bond donors (Lipinski definition) is 1. The quantitative estimate of drug-likeness (QED) is 0.910. The van der Waals surface area contributed by atoms with Crippen molar-refractivity contribution in [2.24, 2.45) is 0 Å². The minimum atomic E-state index is -0.405. The summed E-state index contributed by atoms with van der Waals surface area (Å²) in [5.41, 5.74) is 3.40. The van der Waals surface area contributed by atoms with Crippen molar-refractivity contribution in [2.45, 2.75) is 19.6 Å². The van der Waals surface area contributed by atoms with E-state index < -0.39 is 6.10 Å². The first-order valence-electron chi connectivity index (χ1n) is 5.78. The highest BCUT2D eigenvalue weighted by molar-refractivity contribution is 9.11. The molecule has 1 N–H and O–H groups in total. The van der Waals surface area contributed by atoms with Crippen molar-refractivity contribution < 1.29 is 5.11 Å². The van der Waals surface area contributed by atoms with Crippen molar-refractivity contribution in [2.75, 3.05) is 11.9 Å². The number of benzene rings is 1. The SMILES string of the molecule is C[C@H](O)c1ccc(N(C)Cc2csc(Br)c2)cc1. The molecule has 0 aliphatic heterocycles. The van der Waals surface area contributed by atoms with Gasteiger partial charge >= 0.3 is 0 Å². The molecule has 0 unspecified atom stereocenters. The highest BCUT2D eigenvalue weighted by Gasteiger charge is 2.05. The Labute approximate surface area is 120 Å². The van der Waals surface area contributed by atoms with Crippen LogP contribution in [0.15, 0.2) is 39.5 Å². The average Bonchev–Trinajstić information content (AvgIpc) is 2.75. The Kier molecular flexibility index (Phi) is 4.43. The van der Waals surface area contributed by atoms with Crippen LogP contribution in [0.2, 0.25) is 0 Å². The fraction of sp³-hybridized carbons (Fsp3) is 0.286. The maximum Gasteiger partial charge on any atom is 0.0761 e. The van der Waals surface area contributed by atoms with E-state index in [0.29, 0.717) is 0 Å². The lowest BCUT2D eigenvalue weighted by molar-refractivity contribution is 0.199. The molecule has 0 spiro atoms. The van der Waals surface area contributed by atoms with Crippen LogP contribution in [-0.2, 0) is 6.54 Å². The molecule has 2 rings (SSSR count). The van der Waals surface area contributed by atoms with E-state index in [0.717, 1.165) is 21.6 Å². The largest absolute Gasteiger partial charge is 0.389 e. The molecule has 1 aromatic heterocycles. The van der Waals surface area contributed by atoms with Gasteiger partial charge in [0.1, 0.15) is 0 Å². The standard InChI is InChI=1S/C14H16BrNOS/c1-10(17)12-3-5-13(6-4-12)16(2)8-11-7-14(15)18-9-11/h3-7,9-10,17H,8H2,1-2H3/t10-/m0/s1. The van der Waals surface area contributed by atoms with Crippen LogP contribution in [0.5, 0.6) is 0 Å². The summed E-state index contributed by atoms with van der Waals surface area (Å²) in [4.78, 5) is 2.19. The molecule has 0 bridgehead atoms. The van der Waals surface area contributed by atoms with Crippen molar-refractivity contribution in [3.8, 4) is 0 Å². The van der Waals surface area contributed by atoms with Crippen LogP contribution < -0.4 is 4.90 Å². The molecule has 0 amide bonds. The molecule has 2 nitrogen and oxygen atoms in total. The van der Waals surface area contributed by atoms with Gasteiger partial charge in [-0.25, -0.2) is 0 Å². The Hall–Kier alpha value is -0.840. The van der Waals surface area contributed by atoms with Crippen molar-refractivity contribution in [1.82, 2.24) is 0 Å². The highest BCUT2D eigenvalue weighted by atomic mass is 79.9. The van der Waals surface area contributed by atoms with E-state index >= 15 is 0 Å². The molecule has 1 aromatic carbocycles.